The molecule has 0 unspecified atom stereocenters. The lowest BCUT2D eigenvalue weighted by Crippen LogP contribution is -2.23. The molecule has 2 aromatic heterocycles. The second-order valence-electron chi connectivity index (χ2n) is 4.04. The standard InChI is InChI=1S/C11H14N2O5S/c1-7-3-9(13-18-7)5-12-19(15,16)11-4-10(6-14)17-8(11)2/h3-4,12,14H,5-6H2,1-2H3. The lowest BCUT2D eigenvalue weighted by Gasteiger charge is -2.02. The van der Waals surface area contributed by atoms with Crippen LogP contribution in [0.5, 0.6) is 0 Å². The Balaban J connectivity index is 2.15. The highest BCUT2D eigenvalue weighted by atomic mass is 32.2. The molecule has 0 amide bonds. The van der Waals surface area contributed by atoms with Gasteiger partial charge in [0.2, 0.25) is 10.0 Å². The fourth-order valence-electron chi connectivity index (χ4n) is 1.62. The summed E-state index contributed by atoms with van der Waals surface area (Å²) < 4.78 is 36.4. The smallest absolute Gasteiger partial charge is 0.244 e. The third-order valence-electron chi connectivity index (χ3n) is 2.49. The summed E-state index contributed by atoms with van der Waals surface area (Å²) in [6.07, 6.45) is 0. The minimum Gasteiger partial charge on any atom is -0.462 e. The van der Waals surface area contributed by atoms with Crippen LogP contribution in [-0.4, -0.2) is 18.7 Å². The largest absolute Gasteiger partial charge is 0.462 e. The molecule has 0 saturated carbocycles. The molecular formula is C11H14N2O5S. The third kappa shape index (κ3) is 3.03. The fraction of sp³-hybridized carbons (Fsp3) is 0.364. The topological polar surface area (TPSA) is 106 Å². The van der Waals surface area contributed by atoms with Gasteiger partial charge in [-0.25, -0.2) is 13.1 Å². The van der Waals surface area contributed by atoms with Gasteiger partial charge in [0.05, 0.1) is 12.2 Å². The number of rotatable bonds is 5. The summed E-state index contributed by atoms with van der Waals surface area (Å²) in [5, 5.41) is 12.6. The van der Waals surface area contributed by atoms with Crippen LogP contribution in [-0.2, 0) is 23.2 Å². The van der Waals surface area contributed by atoms with Crippen molar-refractivity contribution in [3.8, 4) is 0 Å². The average Bonchev–Trinajstić information content (AvgIpc) is 2.93. The van der Waals surface area contributed by atoms with Crippen molar-refractivity contribution in [1.29, 1.82) is 0 Å². The van der Waals surface area contributed by atoms with Crippen LogP contribution in [0.3, 0.4) is 0 Å². The second kappa shape index (κ2) is 5.16. The third-order valence-corrected chi connectivity index (χ3v) is 4.00. The molecule has 0 fully saturated rings. The number of hydrogen-bond acceptors (Lipinski definition) is 6. The van der Waals surface area contributed by atoms with Crippen molar-refractivity contribution in [2.45, 2.75) is 31.9 Å². The Bertz CT molecular complexity index is 671. The number of sulfonamides is 1. The molecule has 2 heterocycles. The molecule has 8 heteroatoms. The van der Waals surface area contributed by atoms with Crippen LogP contribution < -0.4 is 4.72 Å². The maximum atomic E-state index is 12.1. The molecule has 0 saturated heterocycles. The molecule has 0 radical (unpaired) electrons. The van der Waals surface area contributed by atoms with Gasteiger partial charge in [0.1, 0.15) is 28.8 Å². The number of furan rings is 1. The van der Waals surface area contributed by atoms with Gasteiger partial charge in [0, 0.05) is 12.1 Å². The van der Waals surface area contributed by atoms with Crippen LogP contribution in [0.4, 0.5) is 0 Å². The predicted molar refractivity (Wildman–Crippen MR) is 64.6 cm³/mol. The normalized spacial score (nSPS) is 11.9. The highest BCUT2D eigenvalue weighted by molar-refractivity contribution is 7.89. The van der Waals surface area contributed by atoms with Gasteiger partial charge in [-0.1, -0.05) is 5.16 Å². The van der Waals surface area contributed by atoms with Crippen molar-refractivity contribution in [2.24, 2.45) is 0 Å². The van der Waals surface area contributed by atoms with E-state index in [1.54, 1.807) is 13.0 Å². The van der Waals surface area contributed by atoms with Crippen LogP contribution >= 0.6 is 0 Å². The van der Waals surface area contributed by atoms with E-state index in [2.05, 4.69) is 9.88 Å². The van der Waals surface area contributed by atoms with Crippen molar-refractivity contribution in [3.05, 3.63) is 35.1 Å². The maximum Gasteiger partial charge on any atom is 0.244 e. The number of aryl methyl sites for hydroxylation is 2. The van der Waals surface area contributed by atoms with Crippen LogP contribution in [0.25, 0.3) is 0 Å². The first-order valence-corrected chi connectivity index (χ1v) is 7.02. The van der Waals surface area contributed by atoms with E-state index in [0.717, 1.165) is 0 Å². The summed E-state index contributed by atoms with van der Waals surface area (Å²) >= 11 is 0. The molecule has 0 aliphatic heterocycles. The first-order chi connectivity index (χ1) is 8.92. The van der Waals surface area contributed by atoms with E-state index in [1.807, 2.05) is 0 Å². The average molecular weight is 286 g/mol. The van der Waals surface area contributed by atoms with Gasteiger partial charge in [0.25, 0.3) is 0 Å². The van der Waals surface area contributed by atoms with Gasteiger partial charge < -0.3 is 14.0 Å². The molecule has 2 aromatic rings. The van der Waals surface area contributed by atoms with E-state index >= 15 is 0 Å². The molecule has 2 N–H and O–H groups in total. The Morgan fingerprint density at radius 1 is 1.37 bits per heavy atom. The number of nitrogens with zero attached hydrogens (tertiary/aromatic N) is 1. The van der Waals surface area contributed by atoms with E-state index in [-0.39, 0.29) is 29.6 Å². The first-order valence-electron chi connectivity index (χ1n) is 5.54. The van der Waals surface area contributed by atoms with Crippen molar-refractivity contribution >= 4 is 10.0 Å². The monoisotopic (exact) mass is 286 g/mol. The zero-order chi connectivity index (χ0) is 14.0. The number of aromatic nitrogens is 1. The molecule has 2 rings (SSSR count). The SMILES string of the molecule is Cc1cc(CNS(=O)(=O)c2cc(CO)oc2C)no1. The first kappa shape index (κ1) is 13.8. The Labute approximate surface area is 110 Å². The van der Waals surface area contributed by atoms with Crippen LogP contribution in [0.15, 0.2) is 26.0 Å². The van der Waals surface area contributed by atoms with E-state index in [0.29, 0.717) is 11.5 Å². The second-order valence-corrected chi connectivity index (χ2v) is 5.78. The maximum absolute atomic E-state index is 12.1. The molecule has 104 valence electrons. The van der Waals surface area contributed by atoms with Gasteiger partial charge in [-0.05, 0) is 13.8 Å². The number of nitrogens with one attached hydrogen (secondary N) is 1. The lowest BCUT2D eigenvalue weighted by molar-refractivity contribution is 0.244. The Morgan fingerprint density at radius 3 is 2.63 bits per heavy atom. The van der Waals surface area contributed by atoms with Crippen LogP contribution in [0.2, 0.25) is 0 Å². The van der Waals surface area contributed by atoms with Crippen molar-refractivity contribution in [3.63, 3.8) is 0 Å². The molecule has 0 aromatic carbocycles. The van der Waals surface area contributed by atoms with Gasteiger partial charge in [-0.3, -0.25) is 0 Å². The zero-order valence-electron chi connectivity index (χ0n) is 10.5. The molecule has 0 atom stereocenters. The molecule has 7 nitrogen and oxygen atoms in total. The van der Waals surface area contributed by atoms with Crippen LogP contribution in [0.1, 0.15) is 23.0 Å². The van der Waals surface area contributed by atoms with Crippen molar-refractivity contribution in [2.75, 3.05) is 0 Å². The fourth-order valence-corrected chi connectivity index (χ4v) is 2.82. The summed E-state index contributed by atoms with van der Waals surface area (Å²) in [5.41, 5.74) is 0.490. The Morgan fingerprint density at radius 2 is 2.11 bits per heavy atom. The van der Waals surface area contributed by atoms with Crippen molar-refractivity contribution < 1.29 is 22.5 Å². The highest BCUT2D eigenvalue weighted by Gasteiger charge is 2.21. The summed E-state index contributed by atoms with van der Waals surface area (Å²) in [6, 6.07) is 2.94. The minimum absolute atomic E-state index is 0.0109. The van der Waals surface area contributed by atoms with Gasteiger partial charge in [-0.15, -0.1) is 0 Å². The van der Waals surface area contributed by atoms with E-state index < -0.39 is 10.0 Å². The molecule has 0 aliphatic carbocycles. The summed E-state index contributed by atoms with van der Waals surface area (Å²) in [7, 11) is -3.71. The van der Waals surface area contributed by atoms with Gasteiger partial charge in [0.15, 0.2) is 0 Å². The predicted octanol–water partition coefficient (Wildman–Crippen LogP) is 0.855. The summed E-state index contributed by atoms with van der Waals surface area (Å²) in [4.78, 5) is 0.0109. The number of aliphatic hydroxyl groups excluding tert-OH is 1. The molecule has 0 bridgehead atoms. The molecule has 0 spiro atoms. The van der Waals surface area contributed by atoms with Crippen LogP contribution in [0, 0.1) is 13.8 Å². The quantitative estimate of drug-likeness (QED) is 0.844. The number of aliphatic hydroxyl groups is 1. The van der Waals surface area contributed by atoms with E-state index in [1.165, 1.54) is 13.0 Å². The molecule has 19 heavy (non-hydrogen) atoms. The molecular weight excluding hydrogens is 272 g/mol. The van der Waals surface area contributed by atoms with Crippen molar-refractivity contribution in [1.82, 2.24) is 9.88 Å². The summed E-state index contributed by atoms with van der Waals surface area (Å²) in [6.45, 7) is 2.92. The summed E-state index contributed by atoms with van der Waals surface area (Å²) in [5.74, 6) is 1.04. The Kier molecular flexibility index (Phi) is 3.74. The Hall–Kier alpha value is -1.64. The highest BCUT2D eigenvalue weighted by Crippen LogP contribution is 2.20. The van der Waals surface area contributed by atoms with E-state index in [4.69, 9.17) is 14.0 Å². The lowest BCUT2D eigenvalue weighted by atomic mass is 10.4. The molecule has 0 aliphatic rings. The number of hydrogen-bond donors (Lipinski definition) is 2. The zero-order valence-corrected chi connectivity index (χ0v) is 11.3. The van der Waals surface area contributed by atoms with E-state index in [9.17, 15) is 8.42 Å². The minimum atomic E-state index is -3.71. The van der Waals surface area contributed by atoms with Gasteiger partial charge >= 0.3 is 0 Å². The van der Waals surface area contributed by atoms with Gasteiger partial charge in [-0.2, -0.15) is 0 Å².